The molecule has 2 saturated carbocycles. The highest BCUT2D eigenvalue weighted by Gasteiger charge is 2.44. The molecule has 0 heterocycles. The minimum Gasteiger partial charge on any atom is -0.300 e. The zero-order chi connectivity index (χ0) is 15.3. The lowest BCUT2D eigenvalue weighted by Crippen LogP contribution is -2.41. The third-order valence-corrected chi connectivity index (χ3v) is 6.37. The number of hydrogen-bond acceptors (Lipinski definition) is 2. The Morgan fingerprint density at radius 1 is 0.857 bits per heavy atom. The summed E-state index contributed by atoms with van der Waals surface area (Å²) < 4.78 is 0. The molecule has 0 amide bonds. The van der Waals surface area contributed by atoms with Crippen LogP contribution in [0, 0.1) is 17.3 Å². The summed E-state index contributed by atoms with van der Waals surface area (Å²) in [6, 6.07) is 0. The molecule has 2 rings (SSSR count). The van der Waals surface area contributed by atoms with Gasteiger partial charge in [-0.05, 0) is 55.8 Å². The van der Waals surface area contributed by atoms with Gasteiger partial charge in [-0.2, -0.15) is 0 Å². The van der Waals surface area contributed by atoms with Crippen molar-refractivity contribution in [2.75, 3.05) is 0 Å². The molecule has 0 atom stereocenters. The van der Waals surface area contributed by atoms with E-state index in [-0.39, 0.29) is 0 Å². The molecule has 0 aromatic rings. The zero-order valence-electron chi connectivity index (χ0n) is 14.0. The van der Waals surface area contributed by atoms with Gasteiger partial charge >= 0.3 is 0 Å². The van der Waals surface area contributed by atoms with E-state index in [4.69, 9.17) is 0 Å². The normalized spacial score (nSPS) is 22.8. The fourth-order valence-corrected chi connectivity index (χ4v) is 5.03. The molecule has 0 aromatic carbocycles. The van der Waals surface area contributed by atoms with E-state index < -0.39 is 0 Å². The first kappa shape index (κ1) is 16.7. The molecule has 0 saturated heterocycles. The maximum Gasteiger partial charge on any atom is 0.132 e. The topological polar surface area (TPSA) is 34.1 Å². The summed E-state index contributed by atoms with van der Waals surface area (Å²) in [6.45, 7) is 4.62. The third kappa shape index (κ3) is 3.76. The van der Waals surface area contributed by atoms with Crippen molar-refractivity contribution in [2.45, 2.75) is 90.9 Å². The second kappa shape index (κ2) is 7.56. The number of carbonyl (C=O) groups is 2. The molecule has 0 aromatic heterocycles. The standard InChI is InChI=1S/C19H32O2/c1-3-5-14-19(4-2,15-6-10-17(20)11-7-15)16-8-12-18(21)13-9-16/h15-16H,3-14H2,1-2H3. The molecule has 0 unspecified atom stereocenters. The van der Waals surface area contributed by atoms with Crippen LogP contribution < -0.4 is 0 Å². The van der Waals surface area contributed by atoms with E-state index in [9.17, 15) is 9.59 Å². The highest BCUT2D eigenvalue weighted by atomic mass is 16.1. The number of ketones is 2. The third-order valence-electron chi connectivity index (χ3n) is 6.37. The van der Waals surface area contributed by atoms with Crippen LogP contribution in [-0.2, 0) is 9.59 Å². The number of Topliss-reactive ketones (excluding diaryl/α,β-unsaturated/α-hetero) is 2. The van der Waals surface area contributed by atoms with Crippen LogP contribution in [0.3, 0.4) is 0 Å². The lowest BCUT2D eigenvalue weighted by Gasteiger charge is -2.49. The molecule has 120 valence electrons. The Kier molecular flexibility index (Phi) is 6.01. The van der Waals surface area contributed by atoms with Gasteiger partial charge in [0.2, 0.25) is 0 Å². The second-order valence-corrected chi connectivity index (χ2v) is 7.32. The van der Waals surface area contributed by atoms with Gasteiger partial charge in [-0.1, -0.05) is 26.7 Å². The van der Waals surface area contributed by atoms with E-state index in [1.807, 2.05) is 0 Å². The van der Waals surface area contributed by atoms with Crippen molar-refractivity contribution in [3.63, 3.8) is 0 Å². The first-order chi connectivity index (χ1) is 10.1. The average Bonchev–Trinajstić information content (AvgIpc) is 2.51. The number of unbranched alkanes of at least 4 members (excludes halogenated alkanes) is 1. The fourth-order valence-electron chi connectivity index (χ4n) is 5.03. The lowest BCUT2D eigenvalue weighted by atomic mass is 9.55. The molecule has 0 bridgehead atoms. The molecule has 0 N–H and O–H groups in total. The summed E-state index contributed by atoms with van der Waals surface area (Å²) in [7, 11) is 0. The van der Waals surface area contributed by atoms with Gasteiger partial charge < -0.3 is 0 Å². The summed E-state index contributed by atoms with van der Waals surface area (Å²) in [4.78, 5) is 23.2. The van der Waals surface area contributed by atoms with E-state index >= 15 is 0 Å². The van der Waals surface area contributed by atoms with E-state index in [2.05, 4.69) is 13.8 Å². The minimum atomic E-state index is 0.400. The molecule has 2 nitrogen and oxygen atoms in total. The molecule has 2 aliphatic rings. The average molecular weight is 292 g/mol. The predicted octanol–water partition coefficient (Wildman–Crippen LogP) is 5.09. The molecule has 0 aliphatic heterocycles. The molecular weight excluding hydrogens is 260 g/mol. The Balaban J connectivity index is 2.15. The van der Waals surface area contributed by atoms with Gasteiger partial charge in [0.1, 0.15) is 11.6 Å². The van der Waals surface area contributed by atoms with E-state index in [1.165, 1.54) is 25.7 Å². The van der Waals surface area contributed by atoms with Crippen molar-refractivity contribution >= 4 is 11.6 Å². The van der Waals surface area contributed by atoms with Crippen molar-refractivity contribution in [2.24, 2.45) is 17.3 Å². The van der Waals surface area contributed by atoms with Gasteiger partial charge in [-0.3, -0.25) is 9.59 Å². The van der Waals surface area contributed by atoms with Crippen molar-refractivity contribution < 1.29 is 9.59 Å². The smallest absolute Gasteiger partial charge is 0.132 e. The Bertz CT molecular complexity index is 324. The summed E-state index contributed by atoms with van der Waals surface area (Å²) in [5.41, 5.74) is 0.400. The number of rotatable bonds is 6. The first-order valence-corrected chi connectivity index (χ1v) is 9.15. The van der Waals surface area contributed by atoms with Crippen LogP contribution in [0.15, 0.2) is 0 Å². The van der Waals surface area contributed by atoms with Gasteiger partial charge in [-0.25, -0.2) is 0 Å². The minimum absolute atomic E-state index is 0.400. The maximum atomic E-state index is 11.6. The second-order valence-electron chi connectivity index (χ2n) is 7.32. The van der Waals surface area contributed by atoms with E-state index in [0.29, 0.717) is 28.8 Å². The number of hydrogen-bond donors (Lipinski definition) is 0. The Morgan fingerprint density at radius 3 is 1.62 bits per heavy atom. The van der Waals surface area contributed by atoms with Gasteiger partial charge in [-0.15, -0.1) is 0 Å². The molecule has 0 spiro atoms. The molecular formula is C19H32O2. The molecule has 2 fully saturated rings. The first-order valence-electron chi connectivity index (χ1n) is 9.15. The van der Waals surface area contributed by atoms with E-state index in [1.54, 1.807) is 0 Å². The largest absolute Gasteiger partial charge is 0.300 e. The highest BCUT2D eigenvalue weighted by Crippen LogP contribution is 2.53. The SMILES string of the molecule is CCCCC(CC)(C1CCC(=O)CC1)C1CCC(=O)CC1. The summed E-state index contributed by atoms with van der Waals surface area (Å²) in [5.74, 6) is 2.35. The Labute approximate surface area is 130 Å². The summed E-state index contributed by atoms with van der Waals surface area (Å²) >= 11 is 0. The zero-order valence-corrected chi connectivity index (χ0v) is 14.0. The van der Waals surface area contributed by atoms with Crippen molar-refractivity contribution in [3.8, 4) is 0 Å². The van der Waals surface area contributed by atoms with Gasteiger partial charge in [0.25, 0.3) is 0 Å². The van der Waals surface area contributed by atoms with Crippen LogP contribution >= 0.6 is 0 Å². The van der Waals surface area contributed by atoms with Crippen LogP contribution in [-0.4, -0.2) is 11.6 Å². The maximum absolute atomic E-state index is 11.6. The van der Waals surface area contributed by atoms with E-state index in [0.717, 1.165) is 51.4 Å². The molecule has 2 heteroatoms. The predicted molar refractivity (Wildman–Crippen MR) is 86.2 cm³/mol. The van der Waals surface area contributed by atoms with Gasteiger partial charge in [0, 0.05) is 25.7 Å². The van der Waals surface area contributed by atoms with Crippen molar-refractivity contribution in [1.29, 1.82) is 0 Å². The van der Waals surface area contributed by atoms with Gasteiger partial charge in [0.15, 0.2) is 0 Å². The van der Waals surface area contributed by atoms with Crippen LogP contribution in [0.25, 0.3) is 0 Å². The van der Waals surface area contributed by atoms with Crippen molar-refractivity contribution in [3.05, 3.63) is 0 Å². The lowest BCUT2D eigenvalue weighted by molar-refractivity contribution is -0.124. The van der Waals surface area contributed by atoms with Gasteiger partial charge in [0.05, 0.1) is 0 Å². The number of carbonyl (C=O) groups excluding carboxylic acids is 2. The molecule has 2 aliphatic carbocycles. The van der Waals surface area contributed by atoms with Crippen molar-refractivity contribution in [1.82, 2.24) is 0 Å². The summed E-state index contributed by atoms with van der Waals surface area (Å²) in [5, 5.41) is 0. The quantitative estimate of drug-likeness (QED) is 0.683. The monoisotopic (exact) mass is 292 g/mol. The molecule has 21 heavy (non-hydrogen) atoms. The Morgan fingerprint density at radius 2 is 1.29 bits per heavy atom. The van der Waals surface area contributed by atoms with Crippen LogP contribution in [0.4, 0.5) is 0 Å². The Hall–Kier alpha value is -0.660. The molecule has 0 radical (unpaired) electrons. The highest BCUT2D eigenvalue weighted by molar-refractivity contribution is 5.79. The fraction of sp³-hybridized carbons (Fsp3) is 0.895. The summed E-state index contributed by atoms with van der Waals surface area (Å²) in [6.07, 6.45) is 12.6. The van der Waals surface area contributed by atoms with Crippen LogP contribution in [0.2, 0.25) is 0 Å². The van der Waals surface area contributed by atoms with Crippen LogP contribution in [0.5, 0.6) is 0 Å². The van der Waals surface area contributed by atoms with Crippen LogP contribution in [0.1, 0.15) is 90.9 Å².